The van der Waals surface area contributed by atoms with Crippen LogP contribution in [0.15, 0.2) is 42.5 Å². The molecule has 27 heavy (non-hydrogen) atoms. The highest BCUT2D eigenvalue weighted by atomic mass is 19.1. The van der Waals surface area contributed by atoms with Crippen molar-refractivity contribution in [2.24, 2.45) is 5.92 Å². The number of nitrogens with one attached hydrogen (secondary N) is 1. The highest BCUT2D eigenvalue weighted by Gasteiger charge is 2.36. The van der Waals surface area contributed by atoms with E-state index in [4.69, 9.17) is 4.74 Å². The number of ether oxygens (including phenoxy) is 1. The molecule has 0 radical (unpaired) electrons. The largest absolute Gasteiger partial charge is 0.494 e. The van der Waals surface area contributed by atoms with Crippen molar-refractivity contribution in [3.8, 4) is 5.75 Å². The van der Waals surface area contributed by atoms with Gasteiger partial charge in [-0.3, -0.25) is 19.7 Å². The molecule has 1 aliphatic heterocycles. The Bertz CT molecular complexity index is 900. The van der Waals surface area contributed by atoms with Crippen LogP contribution in [0.5, 0.6) is 5.75 Å². The third kappa shape index (κ3) is 3.86. The standard InChI is InChI=1S/C18H16FN3O5/c1-27-16-9-14(22(25)26)6-7-15(16)21-10-11(8-17(21)23)18(24)20-13-4-2-12(19)3-5-13/h2-7,9,11H,8,10H2,1H3,(H,20,24)/t11-/m0/s1. The molecular formula is C18H16FN3O5. The molecule has 8 nitrogen and oxygen atoms in total. The third-order valence-electron chi connectivity index (χ3n) is 4.27. The summed E-state index contributed by atoms with van der Waals surface area (Å²) < 4.78 is 18.1. The average Bonchev–Trinajstić information content (AvgIpc) is 3.04. The Morgan fingerprint density at radius 3 is 2.63 bits per heavy atom. The predicted molar refractivity (Wildman–Crippen MR) is 95.1 cm³/mol. The van der Waals surface area contributed by atoms with Gasteiger partial charge in [0, 0.05) is 24.7 Å². The SMILES string of the molecule is COc1cc([N+](=O)[O-])ccc1N1C[C@@H](C(=O)Nc2ccc(F)cc2)CC1=O. The fraction of sp³-hybridized carbons (Fsp3) is 0.222. The molecule has 2 amide bonds. The second kappa shape index (κ2) is 7.40. The van der Waals surface area contributed by atoms with E-state index < -0.39 is 16.7 Å². The summed E-state index contributed by atoms with van der Waals surface area (Å²) in [6, 6.07) is 9.25. The molecule has 140 valence electrons. The lowest BCUT2D eigenvalue weighted by Crippen LogP contribution is -2.28. The zero-order valence-corrected chi connectivity index (χ0v) is 14.3. The monoisotopic (exact) mass is 373 g/mol. The van der Waals surface area contributed by atoms with Gasteiger partial charge in [-0.25, -0.2) is 4.39 Å². The van der Waals surface area contributed by atoms with Crippen molar-refractivity contribution in [2.45, 2.75) is 6.42 Å². The minimum absolute atomic E-state index is 0.00678. The van der Waals surface area contributed by atoms with E-state index in [2.05, 4.69) is 5.32 Å². The van der Waals surface area contributed by atoms with Gasteiger partial charge >= 0.3 is 0 Å². The number of nitrogens with zero attached hydrogens (tertiary/aromatic N) is 2. The van der Waals surface area contributed by atoms with E-state index in [0.29, 0.717) is 11.4 Å². The maximum Gasteiger partial charge on any atom is 0.273 e. The second-order valence-corrected chi connectivity index (χ2v) is 6.01. The first-order valence-corrected chi connectivity index (χ1v) is 8.08. The first kappa shape index (κ1) is 18.3. The van der Waals surface area contributed by atoms with Gasteiger partial charge < -0.3 is 15.0 Å². The van der Waals surface area contributed by atoms with Crippen molar-refractivity contribution >= 4 is 28.9 Å². The quantitative estimate of drug-likeness (QED) is 0.641. The molecule has 2 aromatic rings. The topological polar surface area (TPSA) is 102 Å². The van der Waals surface area contributed by atoms with Crippen molar-refractivity contribution in [3.05, 3.63) is 58.4 Å². The molecule has 0 aliphatic carbocycles. The molecule has 0 spiro atoms. The van der Waals surface area contributed by atoms with Crippen LogP contribution in [0.2, 0.25) is 0 Å². The van der Waals surface area contributed by atoms with Gasteiger partial charge in [-0.1, -0.05) is 0 Å². The molecule has 2 aromatic carbocycles. The van der Waals surface area contributed by atoms with Gasteiger partial charge in [-0.2, -0.15) is 0 Å². The van der Waals surface area contributed by atoms with Crippen LogP contribution in [0.1, 0.15) is 6.42 Å². The number of carbonyl (C=O) groups excluding carboxylic acids is 2. The summed E-state index contributed by atoms with van der Waals surface area (Å²) in [6.45, 7) is 0.111. The normalized spacial score (nSPS) is 16.3. The summed E-state index contributed by atoms with van der Waals surface area (Å²) in [5.74, 6) is -1.50. The molecule has 0 saturated carbocycles. The molecular weight excluding hydrogens is 357 g/mol. The van der Waals surface area contributed by atoms with Gasteiger partial charge in [-0.05, 0) is 30.3 Å². The van der Waals surface area contributed by atoms with Crippen LogP contribution in [0.25, 0.3) is 0 Å². The third-order valence-corrected chi connectivity index (χ3v) is 4.27. The van der Waals surface area contributed by atoms with E-state index in [1.807, 2.05) is 0 Å². The van der Waals surface area contributed by atoms with Crippen LogP contribution in [0.3, 0.4) is 0 Å². The van der Waals surface area contributed by atoms with Crippen molar-refractivity contribution in [3.63, 3.8) is 0 Å². The Kier molecular flexibility index (Phi) is 5.02. The number of hydrogen-bond acceptors (Lipinski definition) is 5. The van der Waals surface area contributed by atoms with Crippen molar-refractivity contribution in [1.82, 2.24) is 0 Å². The molecule has 0 bridgehead atoms. The Morgan fingerprint density at radius 1 is 1.30 bits per heavy atom. The lowest BCUT2D eigenvalue weighted by Gasteiger charge is -2.19. The summed E-state index contributed by atoms with van der Waals surface area (Å²) in [4.78, 5) is 36.5. The first-order valence-electron chi connectivity index (χ1n) is 8.08. The van der Waals surface area contributed by atoms with E-state index in [-0.39, 0.29) is 36.2 Å². The van der Waals surface area contributed by atoms with Gasteiger partial charge in [-0.15, -0.1) is 0 Å². The summed E-state index contributed by atoms with van der Waals surface area (Å²) in [7, 11) is 1.35. The zero-order chi connectivity index (χ0) is 19.6. The number of amides is 2. The number of hydrogen-bond donors (Lipinski definition) is 1. The van der Waals surface area contributed by atoms with Gasteiger partial charge in [0.15, 0.2) is 0 Å². The zero-order valence-electron chi connectivity index (χ0n) is 14.3. The molecule has 1 aliphatic rings. The lowest BCUT2D eigenvalue weighted by atomic mass is 10.1. The van der Waals surface area contributed by atoms with Crippen LogP contribution in [-0.4, -0.2) is 30.4 Å². The van der Waals surface area contributed by atoms with Crippen molar-refractivity contribution in [1.29, 1.82) is 0 Å². The number of nitro benzene ring substituents is 1. The van der Waals surface area contributed by atoms with Gasteiger partial charge in [0.05, 0.1) is 29.7 Å². The molecule has 1 heterocycles. The van der Waals surface area contributed by atoms with Gasteiger partial charge in [0.2, 0.25) is 11.8 Å². The van der Waals surface area contributed by atoms with Crippen LogP contribution in [0.4, 0.5) is 21.5 Å². The molecule has 1 atom stereocenters. The molecule has 3 rings (SSSR count). The van der Waals surface area contributed by atoms with Gasteiger partial charge in [0.1, 0.15) is 11.6 Å². The fourth-order valence-electron chi connectivity index (χ4n) is 2.90. The number of methoxy groups -OCH3 is 1. The van der Waals surface area contributed by atoms with Gasteiger partial charge in [0.25, 0.3) is 5.69 Å². The fourth-order valence-corrected chi connectivity index (χ4v) is 2.90. The summed E-state index contributed by atoms with van der Waals surface area (Å²) >= 11 is 0. The molecule has 1 fully saturated rings. The lowest BCUT2D eigenvalue weighted by molar-refractivity contribution is -0.384. The van der Waals surface area contributed by atoms with E-state index >= 15 is 0 Å². The molecule has 1 saturated heterocycles. The Morgan fingerprint density at radius 2 is 2.00 bits per heavy atom. The van der Waals surface area contributed by atoms with Crippen LogP contribution >= 0.6 is 0 Å². The number of halogens is 1. The van der Waals surface area contributed by atoms with Crippen LogP contribution in [-0.2, 0) is 9.59 Å². The summed E-state index contributed by atoms with van der Waals surface area (Å²) in [6.07, 6.45) is -0.00678. The number of nitro groups is 1. The van der Waals surface area contributed by atoms with E-state index in [9.17, 15) is 24.1 Å². The molecule has 0 aromatic heterocycles. The number of anilines is 2. The second-order valence-electron chi connectivity index (χ2n) is 6.01. The highest BCUT2D eigenvalue weighted by Crippen LogP contribution is 2.36. The van der Waals surface area contributed by atoms with E-state index in [1.165, 1.54) is 54.5 Å². The molecule has 1 N–H and O–H groups in total. The predicted octanol–water partition coefficient (Wildman–Crippen LogP) is 2.73. The Labute approximate surface area is 153 Å². The molecule has 0 unspecified atom stereocenters. The van der Waals surface area contributed by atoms with E-state index in [0.717, 1.165) is 0 Å². The number of carbonyl (C=O) groups is 2. The maximum atomic E-state index is 12.9. The van der Waals surface area contributed by atoms with Crippen LogP contribution < -0.4 is 15.0 Å². The smallest absolute Gasteiger partial charge is 0.273 e. The first-order chi connectivity index (χ1) is 12.9. The highest BCUT2D eigenvalue weighted by molar-refractivity contribution is 6.04. The summed E-state index contributed by atoms with van der Waals surface area (Å²) in [5, 5.41) is 13.5. The Hall–Kier alpha value is -3.49. The Balaban J connectivity index is 1.76. The van der Waals surface area contributed by atoms with Crippen molar-refractivity contribution in [2.75, 3.05) is 23.9 Å². The number of non-ortho nitro benzene ring substituents is 1. The maximum absolute atomic E-state index is 12.9. The minimum Gasteiger partial charge on any atom is -0.494 e. The molecule has 9 heteroatoms. The average molecular weight is 373 g/mol. The number of rotatable bonds is 5. The minimum atomic E-state index is -0.609. The van der Waals surface area contributed by atoms with Crippen LogP contribution in [0, 0.1) is 21.8 Å². The number of benzene rings is 2. The van der Waals surface area contributed by atoms with Crippen molar-refractivity contribution < 1.29 is 23.6 Å². The van der Waals surface area contributed by atoms with E-state index in [1.54, 1.807) is 0 Å². The summed E-state index contributed by atoms with van der Waals surface area (Å²) in [5.41, 5.74) is 0.637.